The van der Waals surface area contributed by atoms with Gasteiger partial charge in [-0.05, 0) is 6.92 Å². The minimum Gasteiger partial charge on any atom is -0.313 e. The molecule has 1 atom stereocenters. The van der Waals surface area contributed by atoms with Gasteiger partial charge in [-0.1, -0.05) is 0 Å². The summed E-state index contributed by atoms with van der Waals surface area (Å²) in [6, 6.07) is 0.0394. The Morgan fingerprint density at radius 1 is 1.75 bits per heavy atom. The molecule has 0 aromatic carbocycles. The Balaban J connectivity index is 2.48. The van der Waals surface area contributed by atoms with Gasteiger partial charge in [-0.2, -0.15) is 0 Å². The van der Waals surface area contributed by atoms with Crippen molar-refractivity contribution < 1.29 is 4.79 Å². The molecule has 1 unspecified atom stereocenters. The first-order valence-corrected chi connectivity index (χ1v) is 4.80. The average Bonchev–Trinajstić information content (AvgIpc) is 2.05. The van der Waals surface area contributed by atoms with Crippen LogP contribution in [0, 0.1) is 0 Å². The van der Waals surface area contributed by atoms with Gasteiger partial charge in [0.1, 0.15) is 5.78 Å². The molecule has 3 nitrogen and oxygen atoms in total. The Bertz CT molecular complexity index is 161. The molecule has 4 heteroatoms. The molecule has 1 heterocycles. The summed E-state index contributed by atoms with van der Waals surface area (Å²) in [5.74, 6) is 0.830. The fourth-order valence-corrected chi connectivity index (χ4v) is 1.74. The molecule has 0 radical (unpaired) electrons. The number of carbonyl (C=O) groups excluding carboxylic acids is 1. The molecule has 1 N–H and O–H groups in total. The lowest BCUT2D eigenvalue weighted by Gasteiger charge is -2.33. The molecule has 1 saturated heterocycles. The van der Waals surface area contributed by atoms with Crippen molar-refractivity contribution in [3.63, 3.8) is 0 Å². The van der Waals surface area contributed by atoms with Crippen molar-refractivity contribution in [1.82, 2.24) is 10.2 Å². The molecule has 0 aromatic rings. The summed E-state index contributed by atoms with van der Waals surface area (Å²) in [6.07, 6.45) is 0. The van der Waals surface area contributed by atoms with E-state index in [4.69, 9.17) is 11.6 Å². The van der Waals surface area contributed by atoms with Gasteiger partial charge >= 0.3 is 0 Å². The molecule has 0 spiro atoms. The zero-order valence-electron chi connectivity index (χ0n) is 7.35. The third kappa shape index (κ3) is 2.44. The molecule has 0 aliphatic carbocycles. The number of halogens is 1. The Morgan fingerprint density at radius 3 is 3.08 bits per heavy atom. The highest BCUT2D eigenvalue weighted by Crippen LogP contribution is 2.04. The van der Waals surface area contributed by atoms with Crippen molar-refractivity contribution in [3.8, 4) is 0 Å². The second-order valence-electron chi connectivity index (χ2n) is 3.06. The SMILES string of the molecule is CC(=O)C1CNCCN1CCCl. The van der Waals surface area contributed by atoms with E-state index < -0.39 is 0 Å². The predicted molar refractivity (Wildman–Crippen MR) is 49.6 cm³/mol. The normalized spacial score (nSPS) is 25.7. The van der Waals surface area contributed by atoms with Crippen LogP contribution in [0.4, 0.5) is 0 Å². The van der Waals surface area contributed by atoms with Crippen LogP contribution in [0.2, 0.25) is 0 Å². The zero-order valence-corrected chi connectivity index (χ0v) is 8.10. The van der Waals surface area contributed by atoms with Gasteiger partial charge in [-0.15, -0.1) is 11.6 Å². The highest BCUT2D eigenvalue weighted by atomic mass is 35.5. The summed E-state index contributed by atoms with van der Waals surface area (Å²) in [6.45, 7) is 5.11. The van der Waals surface area contributed by atoms with Crippen molar-refractivity contribution in [2.45, 2.75) is 13.0 Å². The Labute approximate surface area is 78.1 Å². The van der Waals surface area contributed by atoms with Crippen LogP contribution in [0.3, 0.4) is 0 Å². The van der Waals surface area contributed by atoms with Crippen molar-refractivity contribution in [3.05, 3.63) is 0 Å². The number of Topliss-reactive ketones (excluding diaryl/α,β-unsaturated/α-hetero) is 1. The summed E-state index contributed by atoms with van der Waals surface area (Å²) in [7, 11) is 0. The van der Waals surface area contributed by atoms with Crippen molar-refractivity contribution >= 4 is 17.4 Å². The number of nitrogens with one attached hydrogen (secondary N) is 1. The lowest BCUT2D eigenvalue weighted by molar-refractivity contribution is -0.122. The van der Waals surface area contributed by atoms with E-state index >= 15 is 0 Å². The van der Waals surface area contributed by atoms with E-state index in [0.717, 1.165) is 26.2 Å². The number of ketones is 1. The van der Waals surface area contributed by atoms with Crippen molar-refractivity contribution in [2.24, 2.45) is 0 Å². The molecule has 0 bridgehead atoms. The van der Waals surface area contributed by atoms with Crippen LogP contribution in [0.25, 0.3) is 0 Å². The number of carbonyl (C=O) groups is 1. The molecule has 1 rings (SSSR count). The number of nitrogens with zero attached hydrogens (tertiary/aromatic N) is 1. The van der Waals surface area contributed by atoms with E-state index in [2.05, 4.69) is 10.2 Å². The van der Waals surface area contributed by atoms with E-state index in [1.54, 1.807) is 6.92 Å². The predicted octanol–water partition coefficient (Wildman–Crippen LogP) is 0.0880. The highest BCUT2D eigenvalue weighted by Gasteiger charge is 2.24. The first kappa shape index (κ1) is 9.96. The minimum absolute atomic E-state index is 0.0394. The van der Waals surface area contributed by atoms with Crippen LogP contribution in [0.1, 0.15) is 6.92 Å². The number of hydrogen-bond acceptors (Lipinski definition) is 3. The summed E-state index contributed by atoms with van der Waals surface area (Å²) >= 11 is 5.63. The maximum absolute atomic E-state index is 11.2. The topological polar surface area (TPSA) is 32.3 Å². The average molecular weight is 191 g/mol. The number of hydrogen-bond donors (Lipinski definition) is 1. The van der Waals surface area contributed by atoms with Crippen LogP contribution < -0.4 is 5.32 Å². The molecule has 0 amide bonds. The van der Waals surface area contributed by atoms with Gasteiger partial charge < -0.3 is 5.32 Å². The van der Waals surface area contributed by atoms with Gasteiger partial charge in [-0.25, -0.2) is 0 Å². The second-order valence-corrected chi connectivity index (χ2v) is 3.43. The number of rotatable bonds is 3. The monoisotopic (exact) mass is 190 g/mol. The highest BCUT2D eigenvalue weighted by molar-refractivity contribution is 6.18. The summed E-state index contributed by atoms with van der Waals surface area (Å²) < 4.78 is 0. The maximum Gasteiger partial charge on any atom is 0.148 e. The van der Waals surface area contributed by atoms with E-state index in [0.29, 0.717) is 5.88 Å². The van der Waals surface area contributed by atoms with Crippen LogP contribution in [0.5, 0.6) is 0 Å². The van der Waals surface area contributed by atoms with Gasteiger partial charge in [0.05, 0.1) is 6.04 Å². The number of piperazine rings is 1. The standard InChI is InChI=1S/C8H15ClN2O/c1-7(12)8-6-10-3-5-11(8)4-2-9/h8,10H,2-6H2,1H3. The third-order valence-corrected chi connectivity index (χ3v) is 2.36. The minimum atomic E-state index is 0.0394. The van der Waals surface area contributed by atoms with Gasteiger partial charge in [0.15, 0.2) is 0 Å². The Morgan fingerprint density at radius 2 is 2.50 bits per heavy atom. The van der Waals surface area contributed by atoms with Crippen molar-refractivity contribution in [1.29, 1.82) is 0 Å². The largest absolute Gasteiger partial charge is 0.313 e. The van der Waals surface area contributed by atoms with Gasteiger partial charge in [0, 0.05) is 32.1 Å². The van der Waals surface area contributed by atoms with Gasteiger partial charge in [0.25, 0.3) is 0 Å². The quantitative estimate of drug-likeness (QED) is 0.641. The van der Waals surface area contributed by atoms with E-state index in [-0.39, 0.29) is 11.8 Å². The molecule has 1 aliphatic rings. The molecule has 1 fully saturated rings. The molecule has 70 valence electrons. The lowest BCUT2D eigenvalue weighted by Crippen LogP contribution is -2.54. The van der Waals surface area contributed by atoms with E-state index in [1.807, 2.05) is 0 Å². The summed E-state index contributed by atoms with van der Waals surface area (Å²) in [5.41, 5.74) is 0. The molecule has 0 aromatic heterocycles. The van der Waals surface area contributed by atoms with E-state index in [1.165, 1.54) is 0 Å². The second kappa shape index (κ2) is 4.80. The van der Waals surface area contributed by atoms with Gasteiger partial charge in [-0.3, -0.25) is 9.69 Å². The number of alkyl halides is 1. The van der Waals surface area contributed by atoms with Gasteiger partial charge in [0.2, 0.25) is 0 Å². The van der Waals surface area contributed by atoms with Crippen LogP contribution in [-0.4, -0.2) is 48.8 Å². The lowest BCUT2D eigenvalue weighted by atomic mass is 10.1. The first-order valence-electron chi connectivity index (χ1n) is 4.27. The molecule has 12 heavy (non-hydrogen) atoms. The van der Waals surface area contributed by atoms with Crippen molar-refractivity contribution in [2.75, 3.05) is 32.1 Å². The van der Waals surface area contributed by atoms with Crippen LogP contribution in [0.15, 0.2) is 0 Å². The van der Waals surface area contributed by atoms with Crippen LogP contribution >= 0.6 is 11.6 Å². The fraction of sp³-hybridized carbons (Fsp3) is 0.875. The maximum atomic E-state index is 11.2. The molecular formula is C8H15ClN2O. The Hall–Kier alpha value is -0.120. The summed E-state index contributed by atoms with van der Waals surface area (Å²) in [4.78, 5) is 13.3. The first-order chi connectivity index (χ1) is 5.75. The fourth-order valence-electron chi connectivity index (χ4n) is 1.52. The van der Waals surface area contributed by atoms with E-state index in [9.17, 15) is 4.79 Å². The third-order valence-electron chi connectivity index (χ3n) is 2.20. The summed E-state index contributed by atoms with van der Waals surface area (Å²) in [5, 5.41) is 3.20. The zero-order chi connectivity index (χ0) is 8.97. The molecular weight excluding hydrogens is 176 g/mol. The smallest absolute Gasteiger partial charge is 0.148 e. The van der Waals surface area contributed by atoms with Crippen LogP contribution in [-0.2, 0) is 4.79 Å². The Kier molecular flexibility index (Phi) is 3.98. The molecule has 0 saturated carbocycles. The molecule has 1 aliphatic heterocycles.